The molecular formula is C13H17N5O. The summed E-state index contributed by atoms with van der Waals surface area (Å²) in [4.78, 5) is 13.5. The molecule has 1 fully saturated rings. The van der Waals surface area contributed by atoms with Crippen LogP contribution in [-0.2, 0) is 7.05 Å². The predicted molar refractivity (Wildman–Crippen MR) is 72.3 cm³/mol. The van der Waals surface area contributed by atoms with Crippen LogP contribution in [-0.4, -0.2) is 32.7 Å². The molecule has 0 aromatic carbocycles. The molecule has 1 aliphatic heterocycles. The normalized spacial score (nSPS) is 19.1. The summed E-state index contributed by atoms with van der Waals surface area (Å²) in [6, 6.07) is 3.74. The number of rotatable bonds is 2. The molecule has 6 heteroatoms. The van der Waals surface area contributed by atoms with Gasteiger partial charge < -0.3 is 4.90 Å². The van der Waals surface area contributed by atoms with Gasteiger partial charge >= 0.3 is 0 Å². The van der Waals surface area contributed by atoms with Crippen LogP contribution in [0.25, 0.3) is 0 Å². The highest BCUT2D eigenvalue weighted by molar-refractivity contribution is 5.38. The van der Waals surface area contributed by atoms with E-state index in [1.165, 1.54) is 10.2 Å². The molecule has 1 atom stereocenters. The molecule has 0 radical (unpaired) electrons. The molecule has 0 saturated carbocycles. The fraction of sp³-hybridized carbons (Fsp3) is 0.462. The van der Waals surface area contributed by atoms with Gasteiger partial charge in [-0.05, 0) is 25.0 Å². The van der Waals surface area contributed by atoms with E-state index in [-0.39, 0.29) is 5.56 Å². The van der Waals surface area contributed by atoms with Crippen molar-refractivity contribution in [3.05, 3.63) is 40.4 Å². The summed E-state index contributed by atoms with van der Waals surface area (Å²) in [7, 11) is 1.68. The standard InChI is InChI=1S/C13H17N5O/c1-10-7-14-18(8-10)11-5-6-17(9-11)12-3-4-13(19)16(2)15-12/h3-4,7-8,11H,5-6,9H2,1-2H3. The van der Waals surface area contributed by atoms with Crippen molar-refractivity contribution >= 4 is 5.82 Å². The van der Waals surface area contributed by atoms with Gasteiger partial charge in [0.15, 0.2) is 0 Å². The maximum atomic E-state index is 11.3. The number of anilines is 1. The largest absolute Gasteiger partial charge is 0.353 e. The van der Waals surface area contributed by atoms with Crippen molar-refractivity contribution < 1.29 is 0 Å². The average molecular weight is 259 g/mol. The van der Waals surface area contributed by atoms with Gasteiger partial charge in [-0.1, -0.05) is 0 Å². The lowest BCUT2D eigenvalue weighted by atomic mass is 10.3. The first-order chi connectivity index (χ1) is 9.13. The highest BCUT2D eigenvalue weighted by Gasteiger charge is 2.25. The van der Waals surface area contributed by atoms with Gasteiger partial charge in [0.05, 0.1) is 12.2 Å². The molecule has 0 bridgehead atoms. The minimum absolute atomic E-state index is 0.0813. The van der Waals surface area contributed by atoms with Crippen molar-refractivity contribution in [2.75, 3.05) is 18.0 Å². The van der Waals surface area contributed by atoms with Crippen LogP contribution in [0.15, 0.2) is 29.3 Å². The summed E-state index contributed by atoms with van der Waals surface area (Å²) in [5, 5.41) is 8.66. The Morgan fingerprint density at radius 2 is 2.21 bits per heavy atom. The number of aryl methyl sites for hydroxylation is 2. The summed E-state index contributed by atoms with van der Waals surface area (Å²) >= 11 is 0. The van der Waals surface area contributed by atoms with E-state index in [9.17, 15) is 4.79 Å². The zero-order valence-electron chi connectivity index (χ0n) is 11.2. The van der Waals surface area contributed by atoms with Gasteiger partial charge in [0, 0.05) is 32.4 Å². The molecule has 6 nitrogen and oxygen atoms in total. The third kappa shape index (κ3) is 2.25. The minimum atomic E-state index is -0.0813. The molecular weight excluding hydrogens is 242 g/mol. The second-order valence-electron chi connectivity index (χ2n) is 5.04. The molecule has 0 aliphatic carbocycles. The van der Waals surface area contributed by atoms with Crippen molar-refractivity contribution in [2.45, 2.75) is 19.4 Å². The fourth-order valence-electron chi connectivity index (χ4n) is 2.46. The van der Waals surface area contributed by atoms with Crippen LogP contribution in [0.2, 0.25) is 0 Å². The maximum Gasteiger partial charge on any atom is 0.266 e. The Hall–Kier alpha value is -2.11. The van der Waals surface area contributed by atoms with Gasteiger partial charge in [-0.25, -0.2) is 4.68 Å². The molecule has 3 rings (SSSR count). The van der Waals surface area contributed by atoms with E-state index in [0.29, 0.717) is 6.04 Å². The average Bonchev–Trinajstić information content (AvgIpc) is 3.01. The molecule has 19 heavy (non-hydrogen) atoms. The van der Waals surface area contributed by atoms with E-state index in [1.807, 2.05) is 17.8 Å². The zero-order chi connectivity index (χ0) is 13.4. The first-order valence-corrected chi connectivity index (χ1v) is 6.43. The van der Waals surface area contributed by atoms with Crippen LogP contribution in [0.3, 0.4) is 0 Å². The summed E-state index contributed by atoms with van der Waals surface area (Å²) in [5.74, 6) is 0.855. The Balaban J connectivity index is 1.78. The molecule has 100 valence electrons. The Labute approximate surface area is 111 Å². The van der Waals surface area contributed by atoms with Gasteiger partial charge in [0.1, 0.15) is 5.82 Å². The van der Waals surface area contributed by atoms with E-state index in [1.54, 1.807) is 19.2 Å². The predicted octanol–water partition coefficient (Wildman–Crippen LogP) is 0.737. The summed E-state index contributed by atoms with van der Waals surface area (Å²) < 4.78 is 3.40. The Morgan fingerprint density at radius 3 is 2.89 bits per heavy atom. The lowest BCUT2D eigenvalue weighted by Crippen LogP contribution is -2.26. The molecule has 1 aliphatic rings. The van der Waals surface area contributed by atoms with Crippen LogP contribution < -0.4 is 10.5 Å². The third-order valence-corrected chi connectivity index (χ3v) is 3.54. The van der Waals surface area contributed by atoms with E-state index < -0.39 is 0 Å². The quantitative estimate of drug-likeness (QED) is 0.798. The molecule has 3 heterocycles. The summed E-state index contributed by atoms with van der Waals surface area (Å²) in [6.07, 6.45) is 5.00. The number of nitrogens with zero attached hydrogens (tertiary/aromatic N) is 5. The monoisotopic (exact) mass is 259 g/mol. The van der Waals surface area contributed by atoms with Crippen molar-refractivity contribution in [1.29, 1.82) is 0 Å². The zero-order valence-corrected chi connectivity index (χ0v) is 11.2. The van der Waals surface area contributed by atoms with Gasteiger partial charge in [-0.3, -0.25) is 9.48 Å². The number of hydrogen-bond acceptors (Lipinski definition) is 4. The molecule has 2 aromatic rings. The topological polar surface area (TPSA) is 56.0 Å². The van der Waals surface area contributed by atoms with Crippen molar-refractivity contribution in [3.63, 3.8) is 0 Å². The number of hydrogen-bond donors (Lipinski definition) is 0. The molecule has 1 saturated heterocycles. The summed E-state index contributed by atoms with van der Waals surface area (Å²) in [5.41, 5.74) is 1.10. The van der Waals surface area contributed by atoms with Crippen LogP contribution in [0, 0.1) is 6.92 Å². The van der Waals surface area contributed by atoms with Crippen LogP contribution in [0.1, 0.15) is 18.0 Å². The molecule has 0 N–H and O–H groups in total. The Morgan fingerprint density at radius 1 is 1.37 bits per heavy atom. The molecule has 0 amide bonds. The van der Waals surface area contributed by atoms with Crippen molar-refractivity contribution in [3.8, 4) is 0 Å². The van der Waals surface area contributed by atoms with Gasteiger partial charge in [-0.2, -0.15) is 10.2 Å². The fourth-order valence-corrected chi connectivity index (χ4v) is 2.46. The molecule has 0 spiro atoms. The second kappa shape index (κ2) is 4.53. The Kier molecular flexibility index (Phi) is 2.85. The van der Waals surface area contributed by atoms with Crippen LogP contribution >= 0.6 is 0 Å². The first kappa shape index (κ1) is 12.0. The van der Waals surface area contributed by atoms with E-state index in [0.717, 1.165) is 25.3 Å². The SMILES string of the molecule is Cc1cnn(C2CCN(c3ccc(=O)n(C)n3)C2)c1. The third-order valence-electron chi connectivity index (χ3n) is 3.54. The van der Waals surface area contributed by atoms with Gasteiger partial charge in [0.25, 0.3) is 5.56 Å². The lowest BCUT2D eigenvalue weighted by Gasteiger charge is -2.17. The van der Waals surface area contributed by atoms with E-state index in [4.69, 9.17) is 0 Å². The summed E-state index contributed by atoms with van der Waals surface area (Å²) in [6.45, 7) is 3.87. The van der Waals surface area contributed by atoms with Crippen LogP contribution in [0.5, 0.6) is 0 Å². The first-order valence-electron chi connectivity index (χ1n) is 6.43. The maximum absolute atomic E-state index is 11.3. The smallest absolute Gasteiger partial charge is 0.266 e. The highest BCUT2D eigenvalue weighted by atomic mass is 16.1. The Bertz CT molecular complexity index is 644. The van der Waals surface area contributed by atoms with E-state index >= 15 is 0 Å². The molecule has 1 unspecified atom stereocenters. The minimum Gasteiger partial charge on any atom is -0.353 e. The van der Waals surface area contributed by atoms with E-state index in [2.05, 4.69) is 21.3 Å². The number of aromatic nitrogens is 4. The van der Waals surface area contributed by atoms with Crippen molar-refractivity contribution in [2.24, 2.45) is 7.05 Å². The molecule has 2 aromatic heterocycles. The van der Waals surface area contributed by atoms with Gasteiger partial charge in [-0.15, -0.1) is 0 Å². The second-order valence-corrected chi connectivity index (χ2v) is 5.04. The van der Waals surface area contributed by atoms with Crippen LogP contribution in [0.4, 0.5) is 5.82 Å². The lowest BCUT2D eigenvalue weighted by molar-refractivity contribution is 0.494. The van der Waals surface area contributed by atoms with Gasteiger partial charge in [0.2, 0.25) is 0 Å². The van der Waals surface area contributed by atoms with Crippen molar-refractivity contribution in [1.82, 2.24) is 19.6 Å². The highest BCUT2D eigenvalue weighted by Crippen LogP contribution is 2.24.